The van der Waals surface area contributed by atoms with Gasteiger partial charge in [0.05, 0.1) is 22.7 Å². The third-order valence-corrected chi connectivity index (χ3v) is 6.44. The molecule has 0 bridgehead atoms. The maximum absolute atomic E-state index is 14.4. The van der Waals surface area contributed by atoms with E-state index in [1.54, 1.807) is 12.1 Å². The lowest BCUT2D eigenvalue weighted by atomic mass is 9.94. The molecule has 1 aromatic carbocycles. The van der Waals surface area contributed by atoms with Gasteiger partial charge in [0.25, 0.3) is 5.91 Å². The molecule has 32 heavy (non-hydrogen) atoms. The fourth-order valence-electron chi connectivity index (χ4n) is 3.80. The van der Waals surface area contributed by atoms with Gasteiger partial charge >= 0.3 is 0 Å². The second-order valence-electron chi connectivity index (χ2n) is 8.16. The Labute approximate surface area is 192 Å². The molecule has 1 aromatic heterocycles. The van der Waals surface area contributed by atoms with Crippen molar-refractivity contribution in [1.29, 1.82) is 0 Å². The van der Waals surface area contributed by atoms with E-state index in [2.05, 4.69) is 10.6 Å². The first kappa shape index (κ1) is 24.4. The Bertz CT molecular complexity index is 1000. The predicted molar refractivity (Wildman–Crippen MR) is 125 cm³/mol. The minimum Gasteiger partial charge on any atom is -0.349 e. The molecule has 6 nitrogen and oxygen atoms in total. The summed E-state index contributed by atoms with van der Waals surface area (Å²) in [7, 11) is 0. The maximum Gasteiger partial charge on any atom is 0.254 e. The number of thiophene rings is 1. The van der Waals surface area contributed by atoms with Crippen LogP contribution in [0.4, 0.5) is 15.1 Å². The average molecular weight is 463 g/mol. The normalized spacial score (nSPS) is 19.1. The van der Waals surface area contributed by atoms with Crippen molar-refractivity contribution in [2.24, 2.45) is 0 Å². The van der Waals surface area contributed by atoms with Crippen molar-refractivity contribution in [3.63, 3.8) is 0 Å². The van der Waals surface area contributed by atoms with Crippen molar-refractivity contribution in [1.82, 2.24) is 5.32 Å². The van der Waals surface area contributed by atoms with Crippen LogP contribution in [0.3, 0.4) is 0 Å². The van der Waals surface area contributed by atoms with Crippen molar-refractivity contribution >= 4 is 33.7 Å². The zero-order valence-electron chi connectivity index (χ0n) is 19.3. The molecule has 0 saturated carbocycles. The molecule has 2 aromatic rings. The van der Waals surface area contributed by atoms with Gasteiger partial charge in [-0.3, -0.25) is 9.59 Å². The van der Waals surface area contributed by atoms with Crippen LogP contribution in [0, 0.1) is 12.7 Å². The van der Waals surface area contributed by atoms with Gasteiger partial charge in [0.1, 0.15) is 16.9 Å². The summed E-state index contributed by atoms with van der Waals surface area (Å²) in [6, 6.07) is 4.86. The van der Waals surface area contributed by atoms with Crippen LogP contribution < -0.4 is 10.6 Å². The molecule has 1 saturated heterocycles. The minimum atomic E-state index is -0.668. The van der Waals surface area contributed by atoms with Crippen LogP contribution in [0.5, 0.6) is 0 Å². The first-order valence-electron chi connectivity index (χ1n) is 11.1. The third-order valence-electron chi connectivity index (χ3n) is 5.25. The number of fused-ring (bicyclic) bond motifs is 1. The summed E-state index contributed by atoms with van der Waals surface area (Å²) >= 11 is 1.22. The predicted octanol–water partition coefficient (Wildman–Crippen LogP) is 5.37. The van der Waals surface area contributed by atoms with Crippen molar-refractivity contribution < 1.29 is 23.5 Å². The number of rotatable bonds is 5. The summed E-state index contributed by atoms with van der Waals surface area (Å²) in [6.07, 6.45) is 1.57. The van der Waals surface area contributed by atoms with Gasteiger partial charge in [-0.25, -0.2) is 4.39 Å². The molecule has 2 heterocycles. The van der Waals surface area contributed by atoms with E-state index in [-0.39, 0.29) is 23.5 Å². The van der Waals surface area contributed by atoms with Crippen LogP contribution in [0.2, 0.25) is 0 Å². The topological polar surface area (TPSA) is 76.7 Å². The quantitative estimate of drug-likeness (QED) is 0.625. The molecule has 1 amide bonds. The van der Waals surface area contributed by atoms with Gasteiger partial charge in [-0.05, 0) is 56.9 Å². The van der Waals surface area contributed by atoms with Gasteiger partial charge in [0.2, 0.25) is 0 Å². The number of anilines is 2. The van der Waals surface area contributed by atoms with Crippen LogP contribution in [-0.2, 0) is 15.9 Å². The lowest BCUT2D eigenvalue weighted by molar-refractivity contribution is -0.137. The summed E-state index contributed by atoms with van der Waals surface area (Å²) < 4.78 is 25.7. The molecule has 174 valence electrons. The molecular weight excluding hydrogens is 431 g/mol. The third kappa shape index (κ3) is 5.36. The second-order valence-corrected chi connectivity index (χ2v) is 9.18. The number of hydrogen-bond acceptors (Lipinski definition) is 6. The second kappa shape index (κ2) is 10.1. The molecule has 2 N–H and O–H groups in total. The van der Waals surface area contributed by atoms with Crippen LogP contribution in [0.1, 0.15) is 71.7 Å². The Hall–Kier alpha value is -2.29. The highest BCUT2D eigenvalue weighted by atomic mass is 32.1. The van der Waals surface area contributed by atoms with Gasteiger partial charge < -0.3 is 20.1 Å². The van der Waals surface area contributed by atoms with E-state index in [1.807, 2.05) is 34.6 Å². The van der Waals surface area contributed by atoms with Crippen LogP contribution in [0.25, 0.3) is 0 Å². The van der Waals surface area contributed by atoms with Crippen molar-refractivity contribution in [3.05, 3.63) is 45.6 Å². The number of carbonyl (C=O) groups is 2. The molecular formula is C24H31FN2O4S. The Kier molecular flexibility index (Phi) is 7.69. The molecule has 1 aliphatic carbocycles. The highest BCUT2D eigenvalue weighted by Gasteiger charge is 2.34. The lowest BCUT2D eigenvalue weighted by Gasteiger charge is -2.18. The molecule has 2 aliphatic rings. The Morgan fingerprint density at radius 1 is 1.28 bits per heavy atom. The van der Waals surface area contributed by atoms with E-state index < -0.39 is 11.6 Å². The van der Waals surface area contributed by atoms with E-state index in [0.717, 1.165) is 11.1 Å². The van der Waals surface area contributed by atoms with Crippen LogP contribution >= 0.6 is 11.3 Å². The SMILES string of the molecule is CC.Cc1ccc(Nc2sc3c(c2C(=O)NCC2COC(C)(C)O2)CCCC3=O)c(F)c1. The number of nitrogens with one attached hydrogen (secondary N) is 2. The number of hydrogen-bond donors (Lipinski definition) is 2. The summed E-state index contributed by atoms with van der Waals surface area (Å²) in [6.45, 7) is 10.2. The van der Waals surface area contributed by atoms with Gasteiger partial charge in [0, 0.05) is 13.0 Å². The molecule has 1 fully saturated rings. The molecule has 0 spiro atoms. The molecule has 1 atom stereocenters. The Balaban J connectivity index is 0.00000141. The number of benzene rings is 1. The van der Waals surface area contributed by atoms with Gasteiger partial charge in [-0.2, -0.15) is 0 Å². The molecule has 1 aliphatic heterocycles. The first-order valence-corrected chi connectivity index (χ1v) is 11.9. The van der Waals surface area contributed by atoms with Crippen molar-refractivity contribution in [2.75, 3.05) is 18.5 Å². The number of ether oxygens (including phenoxy) is 2. The smallest absolute Gasteiger partial charge is 0.254 e. The number of ketones is 1. The fraction of sp³-hybridized carbons (Fsp3) is 0.500. The summed E-state index contributed by atoms with van der Waals surface area (Å²) in [4.78, 5) is 26.1. The molecule has 4 rings (SSSR count). The Morgan fingerprint density at radius 3 is 2.69 bits per heavy atom. The molecule has 1 unspecified atom stereocenters. The van der Waals surface area contributed by atoms with Crippen LogP contribution in [0.15, 0.2) is 18.2 Å². The molecule has 0 radical (unpaired) electrons. The standard InChI is InChI=1S/C22H25FN2O4S.C2H6/c1-12-7-8-16(15(23)9-12)25-21-18(14-5-4-6-17(26)19(14)30-21)20(27)24-10-13-11-28-22(2,3)29-13;1-2/h7-9,13,25H,4-6,10-11H2,1-3H3,(H,24,27);1-2H3. The summed E-state index contributed by atoms with van der Waals surface area (Å²) in [5.41, 5.74) is 2.24. The average Bonchev–Trinajstić information content (AvgIpc) is 3.30. The van der Waals surface area contributed by atoms with Crippen molar-refractivity contribution in [3.8, 4) is 0 Å². The van der Waals surface area contributed by atoms with E-state index in [0.29, 0.717) is 47.9 Å². The van der Waals surface area contributed by atoms with Gasteiger partial charge in [0.15, 0.2) is 11.6 Å². The number of aryl methyl sites for hydroxylation is 1. The van der Waals surface area contributed by atoms with Gasteiger partial charge in [-0.15, -0.1) is 11.3 Å². The fourth-order valence-corrected chi connectivity index (χ4v) is 5.03. The largest absolute Gasteiger partial charge is 0.349 e. The minimum absolute atomic E-state index is 0.0296. The highest BCUT2D eigenvalue weighted by Crippen LogP contribution is 2.40. The van der Waals surface area contributed by atoms with Gasteiger partial charge in [-0.1, -0.05) is 19.9 Å². The number of carbonyl (C=O) groups excluding carboxylic acids is 2. The van der Waals surface area contributed by atoms with E-state index >= 15 is 0 Å². The zero-order valence-corrected chi connectivity index (χ0v) is 20.1. The lowest BCUT2D eigenvalue weighted by Crippen LogP contribution is -2.35. The molecule has 8 heteroatoms. The van der Waals surface area contributed by atoms with E-state index in [1.165, 1.54) is 17.4 Å². The zero-order chi connectivity index (χ0) is 23.5. The first-order chi connectivity index (χ1) is 15.2. The van der Waals surface area contributed by atoms with E-state index in [9.17, 15) is 14.0 Å². The number of amides is 1. The maximum atomic E-state index is 14.4. The monoisotopic (exact) mass is 462 g/mol. The summed E-state index contributed by atoms with van der Waals surface area (Å²) in [5.74, 6) is -1.34. The van der Waals surface area contributed by atoms with Crippen LogP contribution in [-0.4, -0.2) is 36.7 Å². The summed E-state index contributed by atoms with van der Waals surface area (Å²) in [5, 5.41) is 6.43. The Morgan fingerprint density at radius 2 is 2.03 bits per heavy atom. The van der Waals surface area contributed by atoms with Crippen molar-refractivity contribution in [2.45, 2.75) is 65.8 Å². The van der Waals surface area contributed by atoms with E-state index in [4.69, 9.17) is 9.47 Å². The number of halogens is 1. The number of Topliss-reactive ketones (excluding diaryl/α,β-unsaturated/α-hetero) is 1. The highest BCUT2D eigenvalue weighted by molar-refractivity contribution is 7.18.